The smallest absolute Gasteiger partial charge is 0.344 e. The number of rotatable bonds is 4. The van der Waals surface area contributed by atoms with Crippen molar-refractivity contribution in [2.75, 3.05) is 0 Å². The van der Waals surface area contributed by atoms with Gasteiger partial charge in [0.15, 0.2) is 5.65 Å². The van der Waals surface area contributed by atoms with E-state index in [9.17, 15) is 13.2 Å². The second kappa shape index (κ2) is 7.33. The molecule has 0 spiro atoms. The Hall–Kier alpha value is -3.95. The first kappa shape index (κ1) is 20.0. The first-order valence-corrected chi connectivity index (χ1v) is 9.87. The second-order valence-corrected chi connectivity index (χ2v) is 7.57. The summed E-state index contributed by atoms with van der Waals surface area (Å²) in [6, 6.07) is 4.91. The van der Waals surface area contributed by atoms with E-state index in [1.54, 1.807) is 48.7 Å². The third-order valence-electron chi connectivity index (χ3n) is 5.49. The van der Waals surface area contributed by atoms with Crippen molar-refractivity contribution >= 4 is 11.2 Å². The van der Waals surface area contributed by atoms with E-state index in [0.29, 0.717) is 22.4 Å². The maximum absolute atomic E-state index is 13.1. The number of halogens is 3. The van der Waals surface area contributed by atoms with Gasteiger partial charge < -0.3 is 4.98 Å². The minimum atomic E-state index is -4.39. The Morgan fingerprint density at radius 3 is 2.69 bits per heavy atom. The lowest BCUT2D eigenvalue weighted by molar-refractivity contribution is -0.137. The minimum absolute atomic E-state index is 0.383. The molecule has 5 aromatic rings. The molecule has 0 bridgehead atoms. The number of aryl methyl sites for hydroxylation is 1. The highest BCUT2D eigenvalue weighted by atomic mass is 19.4. The van der Waals surface area contributed by atoms with Gasteiger partial charge in [0.1, 0.15) is 5.52 Å². The number of benzene rings is 1. The fourth-order valence-electron chi connectivity index (χ4n) is 3.67. The second-order valence-electron chi connectivity index (χ2n) is 7.57. The average Bonchev–Trinajstić information content (AvgIpc) is 3.51. The first-order chi connectivity index (χ1) is 15.3. The molecule has 0 amide bonds. The Bertz CT molecular complexity index is 1410. The molecule has 0 saturated heterocycles. The molecule has 5 rings (SSSR count). The number of nitrogens with one attached hydrogen (secondary N) is 2. The van der Waals surface area contributed by atoms with Crippen LogP contribution in [0.4, 0.5) is 13.2 Å². The number of aromatic amines is 2. The molecule has 4 aromatic heterocycles. The van der Waals surface area contributed by atoms with E-state index in [0.717, 1.165) is 34.5 Å². The van der Waals surface area contributed by atoms with E-state index in [1.165, 1.54) is 6.07 Å². The average molecular weight is 437 g/mol. The Balaban J connectivity index is 1.50. The summed E-state index contributed by atoms with van der Waals surface area (Å²) in [5, 5.41) is 11.3. The standard InChI is InChI=1S/C22H18F3N7/c1-12-17(9-28-31-12)19-10-27-21-20(30-19)18(8-26-21)15-7-29-32(11-15)13(2)14-4-3-5-16(6-14)22(23,24)25/h3-11,13H,1-2H3,(H,26,27)(H,28,31)/t13-/m0/s1. The Morgan fingerprint density at radius 2 is 1.94 bits per heavy atom. The summed E-state index contributed by atoms with van der Waals surface area (Å²) < 4.78 is 40.9. The van der Waals surface area contributed by atoms with Crippen LogP contribution < -0.4 is 0 Å². The summed E-state index contributed by atoms with van der Waals surface area (Å²) >= 11 is 0. The van der Waals surface area contributed by atoms with Crippen LogP contribution in [0, 0.1) is 6.92 Å². The Kier molecular flexibility index (Phi) is 4.58. The summed E-state index contributed by atoms with van der Waals surface area (Å²) in [5.74, 6) is 0. The molecule has 4 heterocycles. The van der Waals surface area contributed by atoms with Crippen LogP contribution in [-0.2, 0) is 6.18 Å². The lowest BCUT2D eigenvalue weighted by Crippen LogP contribution is -2.10. The highest BCUT2D eigenvalue weighted by Crippen LogP contribution is 2.33. The zero-order valence-electron chi connectivity index (χ0n) is 17.1. The van der Waals surface area contributed by atoms with E-state index in [4.69, 9.17) is 4.98 Å². The van der Waals surface area contributed by atoms with Gasteiger partial charge in [0.05, 0.1) is 35.9 Å². The summed E-state index contributed by atoms with van der Waals surface area (Å²) in [4.78, 5) is 12.3. The van der Waals surface area contributed by atoms with Crippen molar-refractivity contribution in [1.29, 1.82) is 0 Å². The van der Waals surface area contributed by atoms with Crippen LogP contribution in [0.3, 0.4) is 0 Å². The van der Waals surface area contributed by atoms with Crippen LogP contribution in [0.25, 0.3) is 33.5 Å². The van der Waals surface area contributed by atoms with E-state index in [-0.39, 0.29) is 6.04 Å². The van der Waals surface area contributed by atoms with Gasteiger partial charge in [0, 0.05) is 34.8 Å². The zero-order chi connectivity index (χ0) is 22.5. The fraction of sp³-hybridized carbons (Fsp3) is 0.182. The molecule has 0 unspecified atom stereocenters. The van der Waals surface area contributed by atoms with Gasteiger partial charge in [0.25, 0.3) is 0 Å². The molecule has 7 nitrogen and oxygen atoms in total. The quantitative estimate of drug-likeness (QED) is 0.407. The molecule has 0 aliphatic rings. The lowest BCUT2D eigenvalue weighted by Gasteiger charge is -2.15. The third kappa shape index (κ3) is 3.43. The van der Waals surface area contributed by atoms with Gasteiger partial charge in [-0.1, -0.05) is 12.1 Å². The number of hydrogen-bond donors (Lipinski definition) is 2. The predicted molar refractivity (Wildman–Crippen MR) is 113 cm³/mol. The molecular formula is C22H18F3N7. The molecule has 0 radical (unpaired) electrons. The van der Waals surface area contributed by atoms with Crippen LogP contribution >= 0.6 is 0 Å². The molecule has 1 aromatic carbocycles. The normalized spacial score (nSPS) is 13.0. The SMILES string of the molecule is Cc1[nH]ncc1-c1cnc2[nH]cc(-c3cnn([C@@H](C)c4cccc(C(F)(F)F)c4)c3)c2n1. The molecule has 0 fully saturated rings. The monoisotopic (exact) mass is 437 g/mol. The van der Waals surface area contributed by atoms with Crippen LogP contribution in [0.2, 0.25) is 0 Å². The number of H-pyrrole nitrogens is 2. The van der Waals surface area contributed by atoms with Gasteiger partial charge >= 0.3 is 6.18 Å². The van der Waals surface area contributed by atoms with Gasteiger partial charge in [0.2, 0.25) is 0 Å². The van der Waals surface area contributed by atoms with E-state index in [2.05, 4.69) is 25.3 Å². The van der Waals surface area contributed by atoms with E-state index in [1.807, 2.05) is 6.92 Å². The number of aromatic nitrogens is 7. The van der Waals surface area contributed by atoms with Crippen LogP contribution in [-0.4, -0.2) is 34.9 Å². The van der Waals surface area contributed by atoms with Crippen molar-refractivity contribution in [3.8, 4) is 22.4 Å². The van der Waals surface area contributed by atoms with Crippen molar-refractivity contribution in [1.82, 2.24) is 34.9 Å². The number of hydrogen-bond acceptors (Lipinski definition) is 4. The predicted octanol–water partition coefficient (Wildman–Crippen LogP) is 5.15. The van der Waals surface area contributed by atoms with Crippen molar-refractivity contribution in [2.24, 2.45) is 0 Å². The molecular weight excluding hydrogens is 419 g/mol. The molecule has 0 saturated carbocycles. The highest BCUT2D eigenvalue weighted by molar-refractivity contribution is 5.91. The molecule has 10 heteroatoms. The summed E-state index contributed by atoms with van der Waals surface area (Å²) in [7, 11) is 0. The van der Waals surface area contributed by atoms with Crippen LogP contribution in [0.15, 0.2) is 55.2 Å². The summed E-state index contributed by atoms with van der Waals surface area (Å²) in [6.45, 7) is 3.71. The molecule has 0 aliphatic carbocycles. The van der Waals surface area contributed by atoms with Crippen molar-refractivity contribution in [2.45, 2.75) is 26.1 Å². The van der Waals surface area contributed by atoms with Crippen molar-refractivity contribution < 1.29 is 13.2 Å². The molecule has 32 heavy (non-hydrogen) atoms. The summed E-state index contributed by atoms with van der Waals surface area (Å²) in [5.41, 5.74) is 5.17. The number of nitrogens with zero attached hydrogens (tertiary/aromatic N) is 5. The van der Waals surface area contributed by atoms with Gasteiger partial charge in [-0.25, -0.2) is 9.97 Å². The van der Waals surface area contributed by atoms with E-state index >= 15 is 0 Å². The fourth-order valence-corrected chi connectivity index (χ4v) is 3.67. The topological polar surface area (TPSA) is 88.1 Å². The Labute approximate surface area is 180 Å². The van der Waals surface area contributed by atoms with Crippen molar-refractivity contribution in [3.05, 3.63) is 72.1 Å². The number of alkyl halides is 3. The molecule has 2 N–H and O–H groups in total. The number of fused-ring (bicyclic) bond motifs is 1. The molecule has 0 aliphatic heterocycles. The largest absolute Gasteiger partial charge is 0.416 e. The third-order valence-corrected chi connectivity index (χ3v) is 5.49. The molecule has 162 valence electrons. The van der Waals surface area contributed by atoms with Gasteiger partial charge in [-0.2, -0.15) is 23.4 Å². The Morgan fingerprint density at radius 1 is 1.09 bits per heavy atom. The molecule has 1 atom stereocenters. The van der Waals surface area contributed by atoms with Crippen molar-refractivity contribution in [3.63, 3.8) is 0 Å². The highest BCUT2D eigenvalue weighted by Gasteiger charge is 2.30. The minimum Gasteiger partial charge on any atom is -0.344 e. The van der Waals surface area contributed by atoms with Gasteiger partial charge in [-0.05, 0) is 31.5 Å². The lowest BCUT2D eigenvalue weighted by atomic mass is 10.0. The van der Waals surface area contributed by atoms with Crippen LogP contribution in [0.5, 0.6) is 0 Å². The zero-order valence-corrected chi connectivity index (χ0v) is 17.1. The van der Waals surface area contributed by atoms with E-state index < -0.39 is 11.7 Å². The maximum Gasteiger partial charge on any atom is 0.416 e. The maximum atomic E-state index is 13.1. The first-order valence-electron chi connectivity index (χ1n) is 9.87. The summed E-state index contributed by atoms with van der Waals surface area (Å²) in [6.07, 6.45) is 4.26. The van der Waals surface area contributed by atoms with Crippen LogP contribution in [0.1, 0.15) is 29.8 Å². The van der Waals surface area contributed by atoms with Gasteiger partial charge in [-0.3, -0.25) is 9.78 Å². The van der Waals surface area contributed by atoms with Gasteiger partial charge in [-0.15, -0.1) is 0 Å².